The fourth-order valence-electron chi connectivity index (χ4n) is 20.4. The summed E-state index contributed by atoms with van der Waals surface area (Å²) in [6.45, 7) is 0. The summed E-state index contributed by atoms with van der Waals surface area (Å²) in [6.07, 6.45) is 0. The lowest BCUT2D eigenvalue weighted by Crippen LogP contribution is -2.21. The van der Waals surface area contributed by atoms with Crippen molar-refractivity contribution < 1.29 is 8.83 Å². The van der Waals surface area contributed by atoms with Crippen LogP contribution in [-0.2, 0) is 0 Å². The first-order valence-corrected chi connectivity index (χ1v) is 45.7. The second-order valence-electron chi connectivity index (χ2n) is 33.9. The number of hydrogen-bond donors (Lipinski definition) is 0. The molecule has 0 radical (unpaired) electrons. The van der Waals surface area contributed by atoms with Crippen LogP contribution in [0.2, 0.25) is 0 Å². The van der Waals surface area contributed by atoms with E-state index in [1.54, 1.807) is 0 Å². The van der Waals surface area contributed by atoms with E-state index in [0.29, 0.717) is 52.8 Å². The molecule has 0 saturated carbocycles. The van der Waals surface area contributed by atoms with Crippen molar-refractivity contribution >= 4 is 193 Å². The van der Waals surface area contributed by atoms with Gasteiger partial charge in [0, 0.05) is 108 Å². The van der Waals surface area contributed by atoms with Crippen molar-refractivity contribution in [3.05, 3.63) is 419 Å². The largest absolute Gasteiger partial charge is 0.456 e. The molecule has 27 aromatic rings. The fourth-order valence-corrected chi connectivity index (χ4v) is 21.5. The molecule has 12 heterocycles. The Morgan fingerprint density at radius 1 is 0.178 bits per heavy atom. The number of nitrogens with zero attached hydrogens (tertiary/aromatic N) is 15. The van der Waals surface area contributed by atoms with Crippen LogP contribution in [0.4, 0.5) is 52.0 Å². The molecule has 630 valence electrons. The Balaban J connectivity index is 0.000000101. The summed E-state index contributed by atoms with van der Waals surface area (Å²) in [5.41, 5.74) is 25.2. The minimum absolute atomic E-state index is 0.568. The summed E-state index contributed by atoms with van der Waals surface area (Å²) in [5.74, 6) is 5.52. The van der Waals surface area contributed by atoms with Gasteiger partial charge in [-0.2, -0.15) is 29.9 Å². The molecular weight excluding hydrogens is 1680 g/mol. The highest BCUT2D eigenvalue weighted by molar-refractivity contribution is 7.25. The molecular formula is C117H69N15O2S. The van der Waals surface area contributed by atoms with Crippen LogP contribution < -0.4 is 14.7 Å². The van der Waals surface area contributed by atoms with E-state index in [4.69, 9.17) is 53.7 Å². The first kappa shape index (κ1) is 75.6. The third kappa shape index (κ3) is 11.9. The molecule has 0 amide bonds. The number of benzene rings is 18. The molecule has 0 atom stereocenters. The topological polar surface area (TPSA) is 167 Å². The van der Waals surface area contributed by atoms with Gasteiger partial charge < -0.3 is 22.5 Å². The fraction of sp³-hybridized carbons (Fsp3) is 0. The van der Waals surface area contributed by atoms with Crippen LogP contribution in [0.15, 0.2) is 427 Å². The third-order valence-electron chi connectivity index (χ3n) is 26.3. The monoisotopic (exact) mass is 1750 g/mol. The smallest absolute Gasteiger partial charge is 0.238 e. The molecule has 0 fully saturated rings. The van der Waals surface area contributed by atoms with Crippen LogP contribution in [0, 0.1) is 0 Å². The van der Waals surface area contributed by atoms with Crippen LogP contribution in [-0.4, -0.2) is 58.6 Å². The molecule has 0 spiro atoms. The molecule has 0 aliphatic carbocycles. The first-order valence-electron chi connectivity index (χ1n) is 44.9. The summed E-state index contributed by atoms with van der Waals surface area (Å²) in [7, 11) is 0. The van der Waals surface area contributed by atoms with E-state index in [1.807, 2.05) is 218 Å². The molecule has 0 bridgehead atoms. The van der Waals surface area contributed by atoms with E-state index in [2.05, 4.69) is 241 Å². The first-order chi connectivity index (χ1) is 67.0. The maximum absolute atomic E-state index is 6.34. The Bertz CT molecular complexity index is 9000. The lowest BCUT2D eigenvalue weighted by atomic mass is 10.1. The molecule has 0 N–H and O–H groups in total. The van der Waals surface area contributed by atoms with Gasteiger partial charge in [-0.25, -0.2) is 15.0 Å². The van der Waals surface area contributed by atoms with Gasteiger partial charge in [-0.1, -0.05) is 309 Å². The molecule has 17 nitrogen and oxygen atoms in total. The second kappa shape index (κ2) is 30.1. The molecule has 0 saturated heterocycles. The van der Waals surface area contributed by atoms with Crippen LogP contribution in [0.3, 0.4) is 0 Å². The Morgan fingerprint density at radius 3 is 0.926 bits per heavy atom. The van der Waals surface area contributed by atoms with E-state index in [0.717, 1.165) is 167 Å². The highest BCUT2D eigenvalue weighted by atomic mass is 32.1. The van der Waals surface area contributed by atoms with Gasteiger partial charge in [0.15, 0.2) is 34.9 Å². The highest BCUT2D eigenvalue weighted by Crippen LogP contribution is 2.56. The molecule has 3 aliphatic heterocycles. The van der Waals surface area contributed by atoms with Crippen molar-refractivity contribution in [1.29, 1.82) is 0 Å². The van der Waals surface area contributed by atoms with Crippen LogP contribution in [0.1, 0.15) is 0 Å². The lowest BCUT2D eigenvalue weighted by Gasteiger charge is -2.31. The minimum atomic E-state index is 0.568. The number of hydrogen-bond acceptors (Lipinski definition) is 15. The number of furan rings is 2. The summed E-state index contributed by atoms with van der Waals surface area (Å²) in [5, 5.41) is 14.2. The predicted octanol–water partition coefficient (Wildman–Crippen LogP) is 30.4. The Labute approximate surface area is 773 Å². The van der Waals surface area contributed by atoms with Crippen LogP contribution >= 0.6 is 11.3 Å². The Morgan fingerprint density at radius 2 is 0.489 bits per heavy atom. The van der Waals surface area contributed by atoms with Crippen molar-refractivity contribution in [2.75, 3.05) is 14.7 Å². The van der Waals surface area contributed by atoms with Gasteiger partial charge in [0.2, 0.25) is 17.8 Å². The molecule has 30 rings (SSSR count). The Kier molecular flexibility index (Phi) is 16.9. The zero-order valence-corrected chi connectivity index (χ0v) is 72.6. The minimum Gasteiger partial charge on any atom is -0.456 e. The average Bonchev–Trinajstić information content (AvgIpc) is 1.54. The van der Waals surface area contributed by atoms with Crippen LogP contribution in [0.25, 0.3) is 215 Å². The summed E-state index contributed by atoms with van der Waals surface area (Å²) in [4.78, 5) is 52.1. The number of rotatable bonds is 9. The van der Waals surface area contributed by atoms with Gasteiger partial charge >= 0.3 is 0 Å². The number of anilines is 9. The van der Waals surface area contributed by atoms with Gasteiger partial charge in [-0.05, 0) is 103 Å². The average molecular weight is 1750 g/mol. The van der Waals surface area contributed by atoms with E-state index < -0.39 is 0 Å². The number of para-hydroxylation sites is 11. The molecule has 18 aromatic carbocycles. The van der Waals surface area contributed by atoms with E-state index >= 15 is 0 Å². The third-order valence-corrected chi connectivity index (χ3v) is 27.4. The molecule has 3 aliphatic rings. The van der Waals surface area contributed by atoms with Crippen molar-refractivity contribution in [2.45, 2.75) is 0 Å². The van der Waals surface area contributed by atoms with Gasteiger partial charge in [0.25, 0.3) is 0 Å². The predicted molar refractivity (Wildman–Crippen MR) is 547 cm³/mol. The SMILES string of the molecule is c1ccc(-c2nc(-c3ccccc3)nc(N3c4ccccc4-n4c5c3cccc5c3ccc5oc6ccccc6c5c34)n2)cc1.c1ccc(-c2nc(-c3ccccc3)nc(N3c4ccccc4-n4c5cc6oc7ccccc7c6cc5c5cccc3c54)n2)cc1.c1ccc(-c2nc(-c3ccccc3)nc(N3c4ccccc4-n4c5cc6sc7ccccc7c6cc5c5cccc3c54)n2)cc1. The summed E-state index contributed by atoms with van der Waals surface area (Å²) < 4.78 is 22.5. The van der Waals surface area contributed by atoms with Crippen LogP contribution in [0.5, 0.6) is 0 Å². The van der Waals surface area contributed by atoms with Gasteiger partial charge in [0.05, 0.1) is 89.7 Å². The van der Waals surface area contributed by atoms with Gasteiger partial charge in [-0.15, -0.1) is 11.3 Å². The number of thiophene rings is 1. The van der Waals surface area contributed by atoms with E-state index in [9.17, 15) is 0 Å². The van der Waals surface area contributed by atoms with E-state index in [1.165, 1.54) is 47.2 Å². The standard InChI is InChI=1S/2C39H23N5O.C39H23N5S/c1-3-12-24(13-4-1)37-40-38(25-14-5-2-6-15-25)42-39(41-37)44-31-19-9-8-18-30(31)43-33-23-35-29(26-16-7-10-21-34(26)45-35)22-28(33)27-17-11-20-32(44)36(27)43;1-3-12-24(13-4-1)37-40-38(25-14-5-2-6-15-25)42-39(41-37)43-29-18-8-9-19-30(29)44-35-26(17-11-20-31(35)43)27-22-23-33-34(36(27)44)28-16-7-10-21-32(28)45-33;1-3-12-24(13-4-1)37-40-38(25-14-5-2-6-15-25)42-39(41-37)44-31-19-9-8-18-30(31)43-33-23-35-29(26-16-7-10-21-34(26)45-35)22-28(33)27-17-11-20-32(44)36(27)43/h3*1-23H. The second-order valence-corrected chi connectivity index (χ2v) is 35.0. The van der Waals surface area contributed by atoms with Gasteiger partial charge in [0.1, 0.15) is 22.3 Å². The number of aromatic nitrogens is 12. The quantitative estimate of drug-likeness (QED) is 0.134. The summed E-state index contributed by atoms with van der Waals surface area (Å²) in [6, 6.07) is 144. The molecule has 135 heavy (non-hydrogen) atoms. The van der Waals surface area contributed by atoms with Crippen molar-refractivity contribution in [3.8, 4) is 85.4 Å². The molecule has 0 unspecified atom stereocenters. The zero-order valence-electron chi connectivity index (χ0n) is 71.8. The number of fused-ring (bicyclic) bond motifs is 25. The Hall–Kier alpha value is -18.4. The molecule has 9 aromatic heterocycles. The maximum Gasteiger partial charge on any atom is 0.238 e. The maximum atomic E-state index is 6.34. The van der Waals surface area contributed by atoms with Crippen molar-refractivity contribution in [3.63, 3.8) is 0 Å². The highest BCUT2D eigenvalue weighted by Gasteiger charge is 2.37. The normalized spacial score (nSPS) is 12.4. The summed E-state index contributed by atoms with van der Waals surface area (Å²) >= 11 is 1.85. The van der Waals surface area contributed by atoms with Gasteiger partial charge in [-0.3, -0.25) is 14.7 Å². The molecule has 18 heteroatoms. The zero-order chi connectivity index (χ0) is 88.5. The van der Waals surface area contributed by atoms with Crippen molar-refractivity contribution in [2.24, 2.45) is 0 Å². The van der Waals surface area contributed by atoms with E-state index in [-0.39, 0.29) is 0 Å². The van der Waals surface area contributed by atoms with Crippen molar-refractivity contribution in [1.82, 2.24) is 58.6 Å². The lowest BCUT2D eigenvalue weighted by molar-refractivity contribution is 0.669.